The largest absolute Gasteiger partial charge is 0.107 e. The molecule has 126 valence electrons. The molecule has 0 aromatic heterocycles. The molecule has 0 atom stereocenters. The Hall–Kier alpha value is -2.38. The zero-order chi connectivity index (χ0) is 17.7. The smallest absolute Gasteiger partial charge is 0.0750 e. The van der Waals surface area contributed by atoms with E-state index in [2.05, 4.69) is 111 Å². The highest BCUT2D eigenvalue weighted by atomic mass is 28.3. The molecule has 3 aromatic carbocycles. The Balaban J connectivity index is 2.10. The maximum atomic E-state index is 2.46. The van der Waals surface area contributed by atoms with Gasteiger partial charge < -0.3 is 0 Å². The van der Waals surface area contributed by atoms with Crippen molar-refractivity contribution >= 4 is 18.8 Å². The molecule has 0 radical (unpaired) electrons. The Morgan fingerprint density at radius 2 is 1.16 bits per heavy atom. The minimum atomic E-state index is -1.70. The minimum Gasteiger partial charge on any atom is -0.0750 e. The normalized spacial score (nSPS) is 12.6. The van der Waals surface area contributed by atoms with Crippen LogP contribution in [-0.4, -0.2) is 8.07 Å². The lowest BCUT2D eigenvalue weighted by atomic mass is 9.98. The fourth-order valence-electron chi connectivity index (χ4n) is 3.34. The first-order valence-corrected chi connectivity index (χ1v) is 11.9. The third-order valence-electron chi connectivity index (χ3n) is 5.23. The van der Waals surface area contributed by atoms with Crippen molar-refractivity contribution in [2.45, 2.75) is 26.4 Å². The molecule has 0 aliphatic rings. The molecular weight excluding hydrogens is 316 g/mol. The van der Waals surface area contributed by atoms with Crippen LogP contribution < -0.4 is 5.19 Å². The Bertz CT molecular complexity index is 831. The maximum absolute atomic E-state index is 2.46. The summed E-state index contributed by atoms with van der Waals surface area (Å²) in [6.07, 6.45) is 0.986. The quantitative estimate of drug-likeness (QED) is 0.510. The molecule has 3 rings (SSSR count). The van der Waals surface area contributed by atoms with Crippen LogP contribution in [0.4, 0.5) is 0 Å². The van der Waals surface area contributed by atoms with Crippen molar-refractivity contribution < 1.29 is 0 Å². The summed E-state index contributed by atoms with van der Waals surface area (Å²) in [6, 6.07) is 32.7. The van der Waals surface area contributed by atoms with Gasteiger partial charge in [-0.15, -0.1) is 0 Å². The first-order valence-electron chi connectivity index (χ1n) is 8.94. The summed E-state index contributed by atoms with van der Waals surface area (Å²) in [5.41, 5.74) is 4.20. The molecule has 0 unspecified atom stereocenters. The fraction of sp³-hybridized carbons (Fsp3) is 0.167. The second kappa shape index (κ2) is 7.67. The average molecular weight is 343 g/mol. The predicted octanol–water partition coefficient (Wildman–Crippen LogP) is 5.86. The first-order chi connectivity index (χ1) is 12.1. The van der Waals surface area contributed by atoms with Crippen molar-refractivity contribution in [1.29, 1.82) is 0 Å². The zero-order valence-electron chi connectivity index (χ0n) is 15.4. The number of hydrogen-bond acceptors (Lipinski definition) is 0. The molecule has 0 N–H and O–H groups in total. The molecule has 3 aromatic rings. The van der Waals surface area contributed by atoms with E-state index < -0.39 is 8.07 Å². The van der Waals surface area contributed by atoms with Gasteiger partial charge in [0.25, 0.3) is 0 Å². The van der Waals surface area contributed by atoms with E-state index in [0.717, 1.165) is 6.42 Å². The van der Waals surface area contributed by atoms with Crippen molar-refractivity contribution in [3.63, 3.8) is 0 Å². The number of allylic oxidation sites excluding steroid dienone is 2. The summed E-state index contributed by atoms with van der Waals surface area (Å²) in [5, 5.41) is 3.06. The van der Waals surface area contributed by atoms with E-state index in [-0.39, 0.29) is 0 Å². The number of hydrogen-bond donors (Lipinski definition) is 0. The maximum Gasteiger partial charge on any atom is 0.107 e. The van der Waals surface area contributed by atoms with Gasteiger partial charge in [0, 0.05) is 0 Å². The van der Waals surface area contributed by atoms with E-state index in [1.165, 1.54) is 21.9 Å². The monoisotopic (exact) mass is 342 g/mol. The number of benzene rings is 3. The third-order valence-corrected chi connectivity index (χ3v) is 9.19. The van der Waals surface area contributed by atoms with Gasteiger partial charge in [0.05, 0.1) is 0 Å². The highest BCUT2D eigenvalue weighted by Gasteiger charge is 2.28. The van der Waals surface area contributed by atoms with Crippen molar-refractivity contribution in [2.24, 2.45) is 0 Å². The SMILES string of the molecule is C/C(=C(\Cc1ccccc1)c1ccccc1)[Si](C)(C)c1ccccc1. The highest BCUT2D eigenvalue weighted by Crippen LogP contribution is 2.28. The summed E-state index contributed by atoms with van der Waals surface area (Å²) >= 11 is 0. The van der Waals surface area contributed by atoms with E-state index in [1.807, 2.05) is 0 Å². The van der Waals surface area contributed by atoms with Crippen molar-refractivity contribution in [3.05, 3.63) is 107 Å². The molecular formula is C24H26Si. The summed E-state index contributed by atoms with van der Waals surface area (Å²) in [5.74, 6) is 0. The van der Waals surface area contributed by atoms with Crippen LogP contribution in [0.2, 0.25) is 13.1 Å². The fourth-order valence-corrected chi connectivity index (χ4v) is 5.78. The topological polar surface area (TPSA) is 0 Å². The minimum absolute atomic E-state index is 0.986. The Kier molecular flexibility index (Phi) is 5.35. The Morgan fingerprint density at radius 1 is 0.680 bits per heavy atom. The third kappa shape index (κ3) is 4.00. The van der Waals surface area contributed by atoms with E-state index in [4.69, 9.17) is 0 Å². The number of rotatable bonds is 5. The molecule has 25 heavy (non-hydrogen) atoms. The van der Waals surface area contributed by atoms with Crippen LogP contribution in [0, 0.1) is 0 Å². The van der Waals surface area contributed by atoms with E-state index in [9.17, 15) is 0 Å². The molecule has 0 amide bonds. The molecule has 0 nitrogen and oxygen atoms in total. The molecule has 0 bridgehead atoms. The molecule has 0 saturated carbocycles. The zero-order valence-corrected chi connectivity index (χ0v) is 16.4. The summed E-state index contributed by atoms with van der Waals surface area (Å²) in [7, 11) is -1.70. The van der Waals surface area contributed by atoms with Crippen LogP contribution in [0.3, 0.4) is 0 Å². The molecule has 1 heteroatoms. The van der Waals surface area contributed by atoms with Crippen LogP contribution in [0.5, 0.6) is 0 Å². The van der Waals surface area contributed by atoms with Gasteiger partial charge in [0.2, 0.25) is 0 Å². The van der Waals surface area contributed by atoms with Gasteiger partial charge in [-0.25, -0.2) is 0 Å². The molecule has 0 fully saturated rings. The summed E-state index contributed by atoms with van der Waals surface area (Å²) in [6.45, 7) is 7.28. The van der Waals surface area contributed by atoms with E-state index in [1.54, 1.807) is 5.20 Å². The lowest BCUT2D eigenvalue weighted by Gasteiger charge is -2.28. The molecule has 0 saturated heterocycles. The van der Waals surface area contributed by atoms with E-state index >= 15 is 0 Å². The highest BCUT2D eigenvalue weighted by molar-refractivity contribution is 6.96. The van der Waals surface area contributed by atoms with Crippen LogP contribution in [0.25, 0.3) is 5.57 Å². The van der Waals surface area contributed by atoms with Gasteiger partial charge in [0.1, 0.15) is 8.07 Å². The lowest BCUT2D eigenvalue weighted by Crippen LogP contribution is -2.43. The summed E-state index contributed by atoms with van der Waals surface area (Å²) in [4.78, 5) is 0. The van der Waals surface area contributed by atoms with E-state index in [0.29, 0.717) is 0 Å². The Labute approximate surface area is 152 Å². The van der Waals surface area contributed by atoms with Crippen LogP contribution >= 0.6 is 0 Å². The van der Waals surface area contributed by atoms with Gasteiger partial charge in [-0.2, -0.15) is 0 Å². The van der Waals surface area contributed by atoms with Gasteiger partial charge in [-0.05, 0) is 30.0 Å². The van der Waals surface area contributed by atoms with Gasteiger partial charge >= 0.3 is 0 Å². The lowest BCUT2D eigenvalue weighted by molar-refractivity contribution is 1.26. The van der Waals surface area contributed by atoms with Gasteiger partial charge in [-0.1, -0.05) is 114 Å². The van der Waals surface area contributed by atoms with Gasteiger partial charge in [-0.3, -0.25) is 0 Å². The van der Waals surface area contributed by atoms with Gasteiger partial charge in [0.15, 0.2) is 0 Å². The van der Waals surface area contributed by atoms with Crippen LogP contribution in [-0.2, 0) is 6.42 Å². The summed E-state index contributed by atoms with van der Waals surface area (Å²) < 4.78 is 0. The molecule has 0 heterocycles. The van der Waals surface area contributed by atoms with Crippen molar-refractivity contribution in [3.8, 4) is 0 Å². The molecule has 0 aliphatic heterocycles. The predicted molar refractivity (Wildman–Crippen MR) is 113 cm³/mol. The second-order valence-corrected chi connectivity index (χ2v) is 11.7. The van der Waals surface area contributed by atoms with Crippen molar-refractivity contribution in [1.82, 2.24) is 0 Å². The molecule has 0 spiro atoms. The molecule has 0 aliphatic carbocycles. The standard InChI is InChI=1S/C24H26Si/c1-20(25(2,3)23-17-11-6-12-18-23)24(22-15-9-5-10-16-22)19-21-13-7-4-8-14-21/h4-18H,19H2,1-3H3/b24-20-. The van der Waals surface area contributed by atoms with Crippen molar-refractivity contribution in [2.75, 3.05) is 0 Å². The van der Waals surface area contributed by atoms with Crippen LogP contribution in [0.1, 0.15) is 18.1 Å². The average Bonchev–Trinajstić information content (AvgIpc) is 2.68. The second-order valence-electron chi connectivity index (χ2n) is 7.12. The van der Waals surface area contributed by atoms with Crippen LogP contribution in [0.15, 0.2) is 96.2 Å². The first kappa shape index (κ1) is 17.4. The Morgan fingerprint density at radius 3 is 1.72 bits per heavy atom.